The molecule has 2 heterocycles. The van der Waals surface area contributed by atoms with Gasteiger partial charge in [0.2, 0.25) is 0 Å². The molecule has 0 spiro atoms. The quantitative estimate of drug-likeness (QED) is 0.875. The van der Waals surface area contributed by atoms with Crippen molar-refractivity contribution in [3.05, 3.63) is 46.2 Å². The van der Waals surface area contributed by atoms with Crippen LogP contribution in [0.4, 0.5) is 0 Å². The van der Waals surface area contributed by atoms with Crippen molar-refractivity contribution in [3.63, 3.8) is 0 Å². The van der Waals surface area contributed by atoms with Crippen LogP contribution >= 0.6 is 35.6 Å². The standard InChI is InChI=1S/C16H18Cl2N4O.ClH/c1-10-6-11(8-19)9-21(10)16(23)15-4-5-22(20-15)12-2-3-13(17)14(18)7-12;/h2-5,7,10-11H,6,8-9,19H2,1H3;1H. The predicted molar refractivity (Wildman–Crippen MR) is 98.5 cm³/mol. The molecule has 1 amide bonds. The number of hydrogen-bond acceptors (Lipinski definition) is 3. The molecule has 1 aliphatic heterocycles. The first-order valence-electron chi connectivity index (χ1n) is 7.51. The van der Waals surface area contributed by atoms with Gasteiger partial charge in [0.05, 0.1) is 15.7 Å². The second-order valence-corrected chi connectivity index (χ2v) is 6.70. The monoisotopic (exact) mass is 388 g/mol. The SMILES string of the molecule is CC1CC(CN)CN1C(=O)c1ccn(-c2ccc(Cl)c(Cl)c2)n1.Cl. The van der Waals surface area contributed by atoms with E-state index in [1.165, 1.54) is 0 Å². The molecule has 1 aromatic carbocycles. The molecule has 1 fully saturated rings. The number of rotatable bonds is 3. The predicted octanol–water partition coefficient (Wildman–Crippen LogP) is 3.41. The van der Waals surface area contributed by atoms with E-state index in [0.29, 0.717) is 34.7 Å². The molecule has 2 aromatic rings. The van der Waals surface area contributed by atoms with Gasteiger partial charge in [0, 0.05) is 18.8 Å². The summed E-state index contributed by atoms with van der Waals surface area (Å²) in [5.41, 5.74) is 6.90. The lowest BCUT2D eigenvalue weighted by Gasteiger charge is -2.20. The van der Waals surface area contributed by atoms with Crippen molar-refractivity contribution < 1.29 is 4.79 Å². The number of hydrogen-bond donors (Lipinski definition) is 1. The van der Waals surface area contributed by atoms with Crippen LogP contribution < -0.4 is 5.73 Å². The van der Waals surface area contributed by atoms with E-state index in [9.17, 15) is 4.79 Å². The fourth-order valence-corrected chi connectivity index (χ4v) is 3.24. The lowest BCUT2D eigenvalue weighted by atomic mass is 10.1. The molecule has 0 saturated carbocycles. The van der Waals surface area contributed by atoms with Crippen LogP contribution in [0.2, 0.25) is 10.0 Å². The van der Waals surface area contributed by atoms with Gasteiger partial charge in [-0.2, -0.15) is 5.10 Å². The molecule has 0 aliphatic carbocycles. The van der Waals surface area contributed by atoms with Gasteiger partial charge in [-0.25, -0.2) is 4.68 Å². The lowest BCUT2D eigenvalue weighted by Crippen LogP contribution is -2.34. The van der Waals surface area contributed by atoms with Crippen LogP contribution in [0.15, 0.2) is 30.5 Å². The Morgan fingerprint density at radius 1 is 1.33 bits per heavy atom. The van der Waals surface area contributed by atoms with Gasteiger partial charge >= 0.3 is 0 Å². The van der Waals surface area contributed by atoms with Crippen LogP contribution in [0, 0.1) is 5.92 Å². The van der Waals surface area contributed by atoms with Crippen LogP contribution in [0.3, 0.4) is 0 Å². The van der Waals surface area contributed by atoms with Gasteiger partial charge in [-0.05, 0) is 50.1 Å². The minimum absolute atomic E-state index is 0. The smallest absolute Gasteiger partial charge is 0.274 e. The normalized spacial score (nSPS) is 20.1. The number of carbonyl (C=O) groups excluding carboxylic acids is 1. The third-order valence-corrected chi connectivity index (χ3v) is 4.97. The van der Waals surface area contributed by atoms with Gasteiger partial charge in [-0.3, -0.25) is 4.79 Å². The topological polar surface area (TPSA) is 64.2 Å². The number of halogens is 3. The minimum Gasteiger partial charge on any atom is -0.334 e. The summed E-state index contributed by atoms with van der Waals surface area (Å²) in [6.45, 7) is 3.34. The highest BCUT2D eigenvalue weighted by molar-refractivity contribution is 6.42. The zero-order valence-electron chi connectivity index (χ0n) is 13.2. The molecule has 0 radical (unpaired) electrons. The highest BCUT2D eigenvalue weighted by Crippen LogP contribution is 2.26. The minimum atomic E-state index is -0.0627. The zero-order chi connectivity index (χ0) is 16.6. The van der Waals surface area contributed by atoms with Gasteiger partial charge in [-0.1, -0.05) is 23.2 Å². The molecule has 1 aromatic heterocycles. The number of aromatic nitrogens is 2. The molecular formula is C16H19Cl3N4O. The van der Waals surface area contributed by atoms with Crippen molar-refractivity contribution in [2.24, 2.45) is 11.7 Å². The Hall–Kier alpha value is -1.27. The summed E-state index contributed by atoms with van der Waals surface area (Å²) >= 11 is 11.9. The average Bonchev–Trinajstić information content (AvgIpc) is 3.16. The van der Waals surface area contributed by atoms with Gasteiger partial charge in [0.1, 0.15) is 0 Å². The third kappa shape index (κ3) is 3.70. The van der Waals surface area contributed by atoms with Crippen molar-refractivity contribution in [2.75, 3.05) is 13.1 Å². The summed E-state index contributed by atoms with van der Waals surface area (Å²) in [6, 6.07) is 7.13. The Morgan fingerprint density at radius 3 is 2.71 bits per heavy atom. The first kappa shape index (κ1) is 19.1. The van der Waals surface area contributed by atoms with Gasteiger partial charge in [-0.15, -0.1) is 12.4 Å². The van der Waals surface area contributed by atoms with Gasteiger partial charge in [0.15, 0.2) is 5.69 Å². The van der Waals surface area contributed by atoms with E-state index in [1.807, 2.05) is 11.8 Å². The largest absolute Gasteiger partial charge is 0.334 e. The number of carbonyl (C=O) groups is 1. The van der Waals surface area contributed by atoms with Crippen LogP contribution in [-0.4, -0.2) is 39.7 Å². The summed E-state index contributed by atoms with van der Waals surface area (Å²) in [6.07, 6.45) is 2.68. The Morgan fingerprint density at radius 2 is 2.08 bits per heavy atom. The van der Waals surface area contributed by atoms with E-state index < -0.39 is 0 Å². The summed E-state index contributed by atoms with van der Waals surface area (Å²) in [5, 5.41) is 5.31. The number of nitrogens with two attached hydrogens (primary N) is 1. The Labute approximate surface area is 157 Å². The molecule has 3 rings (SSSR count). The Balaban J connectivity index is 0.00000208. The van der Waals surface area contributed by atoms with E-state index in [4.69, 9.17) is 28.9 Å². The zero-order valence-corrected chi connectivity index (χ0v) is 15.5. The van der Waals surface area contributed by atoms with E-state index in [-0.39, 0.29) is 24.4 Å². The maximum atomic E-state index is 12.6. The molecule has 1 saturated heterocycles. The highest BCUT2D eigenvalue weighted by Gasteiger charge is 2.33. The maximum Gasteiger partial charge on any atom is 0.274 e. The number of amides is 1. The summed E-state index contributed by atoms with van der Waals surface area (Å²) < 4.78 is 1.62. The highest BCUT2D eigenvalue weighted by atomic mass is 35.5. The van der Waals surface area contributed by atoms with Crippen LogP contribution in [0.25, 0.3) is 5.69 Å². The van der Waals surface area contributed by atoms with Crippen LogP contribution in [0.1, 0.15) is 23.8 Å². The summed E-state index contributed by atoms with van der Waals surface area (Å²) in [5.74, 6) is 0.304. The molecule has 2 atom stereocenters. The second-order valence-electron chi connectivity index (χ2n) is 5.89. The molecule has 0 bridgehead atoms. The van der Waals surface area contributed by atoms with Crippen molar-refractivity contribution in [1.82, 2.24) is 14.7 Å². The molecule has 130 valence electrons. The van der Waals surface area contributed by atoms with E-state index >= 15 is 0 Å². The maximum absolute atomic E-state index is 12.6. The average molecular weight is 390 g/mol. The van der Waals surface area contributed by atoms with E-state index in [0.717, 1.165) is 12.1 Å². The molecule has 1 aliphatic rings. The lowest BCUT2D eigenvalue weighted by molar-refractivity contribution is 0.0737. The summed E-state index contributed by atoms with van der Waals surface area (Å²) in [7, 11) is 0. The van der Waals surface area contributed by atoms with E-state index in [1.54, 1.807) is 35.1 Å². The Bertz CT molecular complexity index is 734. The second kappa shape index (κ2) is 7.74. The fourth-order valence-electron chi connectivity index (χ4n) is 2.95. The third-order valence-electron chi connectivity index (χ3n) is 4.23. The van der Waals surface area contributed by atoms with Crippen LogP contribution in [-0.2, 0) is 0 Å². The van der Waals surface area contributed by atoms with Gasteiger partial charge < -0.3 is 10.6 Å². The van der Waals surface area contributed by atoms with Crippen molar-refractivity contribution in [3.8, 4) is 5.69 Å². The summed E-state index contributed by atoms with van der Waals surface area (Å²) in [4.78, 5) is 14.5. The van der Waals surface area contributed by atoms with Gasteiger partial charge in [0.25, 0.3) is 5.91 Å². The van der Waals surface area contributed by atoms with Crippen molar-refractivity contribution >= 4 is 41.5 Å². The van der Waals surface area contributed by atoms with Crippen LogP contribution in [0.5, 0.6) is 0 Å². The number of likely N-dealkylation sites (tertiary alicyclic amines) is 1. The Kier molecular flexibility index (Phi) is 6.15. The number of benzene rings is 1. The molecule has 5 nitrogen and oxygen atoms in total. The number of nitrogens with zero attached hydrogens (tertiary/aromatic N) is 3. The first-order chi connectivity index (χ1) is 11.0. The molecular weight excluding hydrogens is 371 g/mol. The fraction of sp³-hybridized carbons (Fsp3) is 0.375. The van der Waals surface area contributed by atoms with Crippen molar-refractivity contribution in [2.45, 2.75) is 19.4 Å². The molecule has 2 unspecified atom stereocenters. The van der Waals surface area contributed by atoms with Crippen molar-refractivity contribution in [1.29, 1.82) is 0 Å². The molecule has 2 N–H and O–H groups in total. The molecule has 24 heavy (non-hydrogen) atoms. The first-order valence-corrected chi connectivity index (χ1v) is 8.27. The molecule has 8 heteroatoms. The van der Waals surface area contributed by atoms with E-state index in [2.05, 4.69) is 5.10 Å².